The molecule has 5 nitrogen and oxygen atoms in total. The highest BCUT2D eigenvalue weighted by atomic mass is 32.1. The maximum atomic E-state index is 12.5. The lowest BCUT2D eigenvalue weighted by atomic mass is 10.1. The predicted molar refractivity (Wildman–Crippen MR) is 96.6 cm³/mol. The first-order valence-corrected chi connectivity index (χ1v) is 8.63. The summed E-state index contributed by atoms with van der Waals surface area (Å²) in [6.07, 6.45) is 1.06. The van der Waals surface area contributed by atoms with Crippen LogP contribution >= 0.6 is 11.3 Å². The fourth-order valence-corrected chi connectivity index (χ4v) is 3.23. The number of amides is 1. The Labute approximate surface area is 144 Å². The molecule has 0 atom stereocenters. The molecule has 0 fully saturated rings. The molecular formula is C18H19N3O2S. The van der Waals surface area contributed by atoms with Crippen molar-refractivity contribution in [3.05, 3.63) is 53.0 Å². The highest BCUT2D eigenvalue weighted by Gasteiger charge is 2.17. The van der Waals surface area contributed by atoms with Gasteiger partial charge in [0.05, 0.1) is 29.8 Å². The van der Waals surface area contributed by atoms with E-state index in [0.717, 1.165) is 39.7 Å². The molecule has 3 rings (SSSR count). The number of hydrogen-bond acceptors (Lipinski definition) is 4. The molecule has 0 bridgehead atoms. The van der Waals surface area contributed by atoms with Gasteiger partial charge in [0.15, 0.2) is 0 Å². The van der Waals surface area contributed by atoms with Crippen LogP contribution in [0.15, 0.2) is 41.8 Å². The van der Waals surface area contributed by atoms with Crippen molar-refractivity contribution in [2.75, 3.05) is 12.4 Å². The fourth-order valence-electron chi connectivity index (χ4n) is 2.51. The SMILES string of the molecule is CCc1[nH]nc(-c2cccs2)c1NC(=O)Cc1cccc(OC)c1. The van der Waals surface area contributed by atoms with Gasteiger partial charge in [-0.25, -0.2) is 0 Å². The minimum atomic E-state index is -0.0721. The minimum absolute atomic E-state index is 0.0721. The number of thiophene rings is 1. The van der Waals surface area contributed by atoms with E-state index in [4.69, 9.17) is 4.74 Å². The monoisotopic (exact) mass is 341 g/mol. The van der Waals surface area contributed by atoms with Gasteiger partial charge < -0.3 is 10.1 Å². The van der Waals surface area contributed by atoms with Gasteiger partial charge in [-0.05, 0) is 35.6 Å². The quantitative estimate of drug-likeness (QED) is 0.715. The summed E-state index contributed by atoms with van der Waals surface area (Å²) in [4.78, 5) is 13.5. The number of aryl methyl sites for hydroxylation is 1. The van der Waals surface area contributed by atoms with Crippen molar-refractivity contribution in [3.63, 3.8) is 0 Å². The molecule has 2 aromatic heterocycles. The van der Waals surface area contributed by atoms with Gasteiger partial charge in [0.1, 0.15) is 11.4 Å². The number of nitrogens with zero attached hydrogens (tertiary/aromatic N) is 1. The molecule has 0 aliphatic rings. The largest absolute Gasteiger partial charge is 0.497 e. The van der Waals surface area contributed by atoms with Crippen LogP contribution in [0.2, 0.25) is 0 Å². The van der Waals surface area contributed by atoms with Crippen molar-refractivity contribution < 1.29 is 9.53 Å². The third-order valence-corrected chi connectivity index (χ3v) is 4.59. The summed E-state index contributed by atoms with van der Waals surface area (Å²) in [5.74, 6) is 0.675. The summed E-state index contributed by atoms with van der Waals surface area (Å²) < 4.78 is 5.20. The van der Waals surface area contributed by atoms with Crippen molar-refractivity contribution in [3.8, 4) is 16.3 Å². The molecule has 0 radical (unpaired) electrons. The smallest absolute Gasteiger partial charge is 0.228 e. The number of aromatic amines is 1. The molecule has 0 spiro atoms. The van der Waals surface area contributed by atoms with E-state index in [2.05, 4.69) is 15.5 Å². The summed E-state index contributed by atoms with van der Waals surface area (Å²) in [7, 11) is 1.62. The maximum Gasteiger partial charge on any atom is 0.228 e. The summed E-state index contributed by atoms with van der Waals surface area (Å²) in [5.41, 5.74) is 3.40. The summed E-state index contributed by atoms with van der Waals surface area (Å²) >= 11 is 1.60. The lowest BCUT2D eigenvalue weighted by Crippen LogP contribution is -2.15. The van der Waals surface area contributed by atoms with E-state index in [1.165, 1.54) is 0 Å². The van der Waals surface area contributed by atoms with Crippen molar-refractivity contribution in [2.45, 2.75) is 19.8 Å². The lowest BCUT2D eigenvalue weighted by molar-refractivity contribution is -0.115. The number of aromatic nitrogens is 2. The molecule has 0 unspecified atom stereocenters. The van der Waals surface area contributed by atoms with Crippen LogP contribution in [0.5, 0.6) is 5.75 Å². The van der Waals surface area contributed by atoms with Crippen molar-refractivity contribution in [1.29, 1.82) is 0 Å². The zero-order valence-corrected chi connectivity index (χ0v) is 14.4. The highest BCUT2D eigenvalue weighted by Crippen LogP contribution is 2.32. The molecule has 1 amide bonds. The fraction of sp³-hybridized carbons (Fsp3) is 0.222. The third kappa shape index (κ3) is 3.49. The van der Waals surface area contributed by atoms with E-state index in [1.807, 2.05) is 48.7 Å². The standard InChI is InChI=1S/C18H19N3O2S/c1-3-14-17(18(21-20-14)15-8-5-9-24-15)19-16(22)11-12-6-4-7-13(10-12)23-2/h4-10H,3,11H2,1-2H3,(H,19,22)(H,20,21). The molecule has 24 heavy (non-hydrogen) atoms. The van der Waals surface area contributed by atoms with E-state index in [1.54, 1.807) is 18.4 Å². The Morgan fingerprint density at radius 3 is 2.92 bits per heavy atom. The Balaban J connectivity index is 1.80. The zero-order chi connectivity index (χ0) is 16.9. The van der Waals surface area contributed by atoms with Gasteiger partial charge in [-0.2, -0.15) is 5.10 Å². The van der Waals surface area contributed by atoms with Gasteiger partial charge in [0.25, 0.3) is 0 Å². The van der Waals surface area contributed by atoms with Crippen molar-refractivity contribution in [2.24, 2.45) is 0 Å². The molecule has 6 heteroatoms. The highest BCUT2D eigenvalue weighted by molar-refractivity contribution is 7.13. The van der Waals surface area contributed by atoms with Crippen LogP contribution in [0.3, 0.4) is 0 Å². The Morgan fingerprint density at radius 1 is 1.33 bits per heavy atom. The number of carbonyl (C=O) groups excluding carboxylic acids is 1. The molecule has 0 saturated heterocycles. The number of ether oxygens (including phenoxy) is 1. The van der Waals surface area contributed by atoms with Crippen LogP contribution in [-0.2, 0) is 17.6 Å². The van der Waals surface area contributed by atoms with Crippen molar-refractivity contribution >= 4 is 22.9 Å². The van der Waals surface area contributed by atoms with Crippen LogP contribution in [-0.4, -0.2) is 23.2 Å². The molecule has 2 heterocycles. The van der Waals surface area contributed by atoms with Gasteiger partial charge in [0, 0.05) is 0 Å². The molecule has 1 aromatic carbocycles. The molecule has 3 aromatic rings. The first kappa shape index (κ1) is 16.3. The van der Waals surface area contributed by atoms with Gasteiger partial charge in [-0.3, -0.25) is 9.89 Å². The topological polar surface area (TPSA) is 67.0 Å². The maximum absolute atomic E-state index is 12.5. The molecule has 124 valence electrons. The summed E-state index contributed by atoms with van der Waals surface area (Å²) in [6.45, 7) is 2.03. The van der Waals surface area contributed by atoms with Crippen LogP contribution in [0, 0.1) is 0 Å². The van der Waals surface area contributed by atoms with Crippen molar-refractivity contribution in [1.82, 2.24) is 10.2 Å². The second kappa shape index (κ2) is 7.31. The molecule has 0 saturated carbocycles. The number of anilines is 1. The molecular weight excluding hydrogens is 322 g/mol. The Kier molecular flexibility index (Phi) is 4.96. The second-order valence-electron chi connectivity index (χ2n) is 5.33. The molecule has 2 N–H and O–H groups in total. The van der Waals surface area contributed by atoms with Crippen LogP contribution in [0.1, 0.15) is 18.2 Å². The molecule has 0 aliphatic heterocycles. The first-order chi connectivity index (χ1) is 11.7. The number of methoxy groups -OCH3 is 1. The van der Waals surface area contributed by atoms with Crippen LogP contribution in [0.25, 0.3) is 10.6 Å². The third-order valence-electron chi connectivity index (χ3n) is 3.71. The summed E-state index contributed by atoms with van der Waals surface area (Å²) in [5, 5.41) is 12.4. The number of hydrogen-bond donors (Lipinski definition) is 2. The second-order valence-corrected chi connectivity index (χ2v) is 6.28. The Bertz CT molecular complexity index is 825. The van der Waals surface area contributed by atoms with Crippen LogP contribution < -0.4 is 10.1 Å². The number of benzene rings is 1. The number of carbonyl (C=O) groups is 1. The Morgan fingerprint density at radius 2 is 2.21 bits per heavy atom. The normalized spacial score (nSPS) is 10.6. The predicted octanol–water partition coefficient (Wildman–Crippen LogP) is 3.89. The van der Waals surface area contributed by atoms with Crippen LogP contribution in [0.4, 0.5) is 5.69 Å². The average Bonchev–Trinajstić information content (AvgIpc) is 3.24. The lowest BCUT2D eigenvalue weighted by Gasteiger charge is -2.08. The number of H-pyrrole nitrogens is 1. The Hall–Kier alpha value is -2.60. The van der Waals surface area contributed by atoms with Gasteiger partial charge in [-0.1, -0.05) is 25.1 Å². The minimum Gasteiger partial charge on any atom is -0.497 e. The van der Waals surface area contributed by atoms with Gasteiger partial charge in [-0.15, -0.1) is 11.3 Å². The van der Waals surface area contributed by atoms with Gasteiger partial charge in [0.2, 0.25) is 5.91 Å². The van der Waals surface area contributed by atoms with E-state index in [0.29, 0.717) is 0 Å². The van der Waals surface area contributed by atoms with E-state index in [-0.39, 0.29) is 12.3 Å². The number of rotatable bonds is 6. The first-order valence-electron chi connectivity index (χ1n) is 7.75. The van der Waals surface area contributed by atoms with E-state index in [9.17, 15) is 4.79 Å². The molecule has 0 aliphatic carbocycles. The van der Waals surface area contributed by atoms with E-state index >= 15 is 0 Å². The zero-order valence-electron chi connectivity index (χ0n) is 13.6. The average molecular weight is 341 g/mol. The van der Waals surface area contributed by atoms with Gasteiger partial charge >= 0.3 is 0 Å². The summed E-state index contributed by atoms with van der Waals surface area (Å²) in [6, 6.07) is 11.5. The number of nitrogens with one attached hydrogen (secondary N) is 2. The van der Waals surface area contributed by atoms with E-state index < -0.39 is 0 Å².